The van der Waals surface area contributed by atoms with Gasteiger partial charge in [-0.15, -0.1) is 11.3 Å². The van der Waals surface area contributed by atoms with Crippen molar-refractivity contribution in [3.63, 3.8) is 0 Å². The highest BCUT2D eigenvalue weighted by molar-refractivity contribution is 7.09. The lowest BCUT2D eigenvalue weighted by Gasteiger charge is -2.33. The average molecular weight is 382 g/mol. The summed E-state index contributed by atoms with van der Waals surface area (Å²) in [5.74, 6) is -1.23. The number of halogens is 1. The number of carbonyl (C=O) groups is 1. The smallest absolute Gasteiger partial charge is 0.262 e. The van der Waals surface area contributed by atoms with E-state index >= 15 is 0 Å². The number of aromatic nitrogens is 1. The van der Waals surface area contributed by atoms with E-state index in [4.69, 9.17) is 4.42 Å². The lowest BCUT2D eigenvalue weighted by molar-refractivity contribution is -0.122. The van der Waals surface area contributed by atoms with Crippen molar-refractivity contribution in [3.8, 4) is 0 Å². The van der Waals surface area contributed by atoms with E-state index in [9.17, 15) is 9.18 Å². The van der Waals surface area contributed by atoms with Gasteiger partial charge in [0.05, 0.1) is 18.4 Å². The van der Waals surface area contributed by atoms with E-state index in [0.717, 1.165) is 0 Å². The van der Waals surface area contributed by atoms with Crippen LogP contribution in [-0.4, -0.2) is 17.1 Å². The van der Waals surface area contributed by atoms with Crippen LogP contribution in [0.25, 0.3) is 5.70 Å². The van der Waals surface area contributed by atoms with Gasteiger partial charge in [-0.05, 0) is 35.9 Å². The van der Waals surface area contributed by atoms with Crippen molar-refractivity contribution in [1.82, 2.24) is 15.6 Å². The summed E-state index contributed by atoms with van der Waals surface area (Å²) in [6.07, 6.45) is 6.67. The van der Waals surface area contributed by atoms with Crippen LogP contribution in [0.2, 0.25) is 0 Å². The first-order valence-electron chi connectivity index (χ1n) is 8.18. The van der Waals surface area contributed by atoms with Crippen molar-refractivity contribution in [2.45, 2.75) is 12.2 Å². The standard InChI is InChI=1S/C19H15FN4O2S/c20-14-5-3-13(4-6-14)12-17(25)24-19(18-21-9-11-27-18)22-8-7-15(23-19)16-2-1-10-26-16/h1-11,23H,12H2,(H,24,25). The van der Waals surface area contributed by atoms with Crippen molar-refractivity contribution >= 4 is 29.2 Å². The summed E-state index contributed by atoms with van der Waals surface area (Å²) in [6, 6.07) is 9.40. The number of carbonyl (C=O) groups excluding carboxylic acids is 1. The fourth-order valence-electron chi connectivity index (χ4n) is 2.73. The Kier molecular flexibility index (Phi) is 4.55. The molecule has 27 heavy (non-hydrogen) atoms. The fraction of sp³-hybridized carbons (Fsp3) is 0.105. The van der Waals surface area contributed by atoms with Crippen molar-refractivity contribution in [2.75, 3.05) is 0 Å². The van der Waals surface area contributed by atoms with Gasteiger partial charge in [0.25, 0.3) is 5.79 Å². The van der Waals surface area contributed by atoms with Crippen molar-refractivity contribution < 1.29 is 13.6 Å². The molecule has 2 aromatic heterocycles. The molecule has 4 rings (SSSR count). The van der Waals surface area contributed by atoms with Crippen LogP contribution in [0.4, 0.5) is 4.39 Å². The molecule has 3 aromatic rings. The number of aliphatic imine (C=N–C) groups is 1. The van der Waals surface area contributed by atoms with Gasteiger partial charge < -0.3 is 15.1 Å². The maximum absolute atomic E-state index is 13.1. The lowest BCUT2D eigenvalue weighted by Crippen LogP contribution is -2.55. The summed E-state index contributed by atoms with van der Waals surface area (Å²) >= 11 is 1.37. The van der Waals surface area contributed by atoms with Crippen LogP contribution in [0.1, 0.15) is 16.3 Å². The molecule has 1 aliphatic rings. The van der Waals surface area contributed by atoms with E-state index in [1.807, 2.05) is 11.4 Å². The van der Waals surface area contributed by atoms with E-state index in [1.54, 1.807) is 42.9 Å². The van der Waals surface area contributed by atoms with Crippen LogP contribution in [-0.2, 0) is 17.0 Å². The van der Waals surface area contributed by atoms with Gasteiger partial charge >= 0.3 is 0 Å². The predicted molar refractivity (Wildman–Crippen MR) is 100 cm³/mol. The molecular formula is C19H15FN4O2S. The molecule has 1 amide bonds. The number of nitrogens with one attached hydrogen (secondary N) is 2. The highest BCUT2D eigenvalue weighted by Crippen LogP contribution is 2.28. The molecule has 1 unspecified atom stereocenters. The minimum atomic E-state index is -1.23. The molecule has 0 bridgehead atoms. The Labute approximate surface area is 158 Å². The van der Waals surface area contributed by atoms with Crippen molar-refractivity contribution in [3.05, 3.63) is 82.5 Å². The van der Waals surface area contributed by atoms with Crippen LogP contribution < -0.4 is 10.6 Å². The van der Waals surface area contributed by atoms with Gasteiger partial charge in [-0.25, -0.2) is 14.4 Å². The van der Waals surface area contributed by atoms with E-state index in [-0.39, 0.29) is 18.1 Å². The molecule has 1 atom stereocenters. The van der Waals surface area contributed by atoms with Gasteiger partial charge in [0.15, 0.2) is 5.01 Å². The van der Waals surface area contributed by atoms with Crippen molar-refractivity contribution in [1.29, 1.82) is 0 Å². The molecular weight excluding hydrogens is 367 g/mol. The third kappa shape index (κ3) is 3.65. The first-order valence-corrected chi connectivity index (χ1v) is 9.06. The first kappa shape index (κ1) is 17.2. The van der Waals surface area contributed by atoms with Gasteiger partial charge in [0.2, 0.25) is 5.91 Å². The predicted octanol–water partition coefficient (Wildman–Crippen LogP) is 3.06. The molecule has 136 valence electrons. The highest BCUT2D eigenvalue weighted by Gasteiger charge is 2.38. The Morgan fingerprint density at radius 3 is 2.85 bits per heavy atom. The van der Waals surface area contributed by atoms with Crippen molar-refractivity contribution in [2.24, 2.45) is 4.99 Å². The summed E-state index contributed by atoms with van der Waals surface area (Å²) in [5.41, 5.74) is 1.37. The van der Waals surface area contributed by atoms with Gasteiger partial charge in [0.1, 0.15) is 11.6 Å². The SMILES string of the molecule is O=C(Cc1ccc(F)cc1)NC1(c2nccs2)N=CC=C(c2ccco2)N1. The van der Waals surface area contributed by atoms with Crippen LogP contribution in [0, 0.1) is 5.82 Å². The summed E-state index contributed by atoms with van der Waals surface area (Å²) in [7, 11) is 0. The quantitative estimate of drug-likeness (QED) is 0.711. The highest BCUT2D eigenvalue weighted by atomic mass is 32.1. The molecule has 1 aromatic carbocycles. The Balaban J connectivity index is 1.59. The van der Waals surface area contributed by atoms with Crippen LogP contribution in [0.5, 0.6) is 0 Å². The summed E-state index contributed by atoms with van der Waals surface area (Å²) < 4.78 is 18.5. The average Bonchev–Trinajstić information content (AvgIpc) is 3.38. The Morgan fingerprint density at radius 1 is 1.30 bits per heavy atom. The summed E-state index contributed by atoms with van der Waals surface area (Å²) in [6.45, 7) is 0. The number of hydrogen-bond acceptors (Lipinski definition) is 6. The number of benzene rings is 1. The van der Waals surface area contributed by atoms with Crippen LogP contribution in [0.3, 0.4) is 0 Å². The largest absolute Gasteiger partial charge is 0.463 e. The minimum absolute atomic E-state index is 0.0877. The molecule has 0 saturated heterocycles. The first-order chi connectivity index (χ1) is 13.1. The second-order valence-corrected chi connectivity index (χ2v) is 6.75. The van der Waals surface area contributed by atoms with E-state index < -0.39 is 5.79 Å². The monoisotopic (exact) mass is 382 g/mol. The van der Waals surface area contributed by atoms with Crippen LogP contribution in [0.15, 0.2) is 69.7 Å². The molecule has 8 heteroatoms. The molecule has 1 aliphatic heterocycles. The Hall–Kier alpha value is -3.26. The second kappa shape index (κ2) is 7.16. The number of rotatable bonds is 5. The number of thiazole rings is 1. The number of nitrogens with zero attached hydrogens (tertiary/aromatic N) is 2. The maximum atomic E-state index is 13.1. The Bertz CT molecular complexity index is 981. The fourth-order valence-corrected chi connectivity index (χ4v) is 3.43. The van der Waals surface area contributed by atoms with E-state index in [1.165, 1.54) is 23.5 Å². The number of allylic oxidation sites excluding steroid dienone is 1. The molecule has 0 spiro atoms. The molecule has 0 radical (unpaired) electrons. The molecule has 6 nitrogen and oxygen atoms in total. The zero-order valence-electron chi connectivity index (χ0n) is 14.1. The third-order valence-electron chi connectivity index (χ3n) is 3.95. The number of furan rings is 1. The van der Waals surface area contributed by atoms with Gasteiger partial charge in [-0.1, -0.05) is 12.1 Å². The third-order valence-corrected chi connectivity index (χ3v) is 4.83. The van der Waals surface area contributed by atoms with E-state index in [2.05, 4.69) is 20.6 Å². The van der Waals surface area contributed by atoms with Gasteiger partial charge in [-0.3, -0.25) is 4.79 Å². The zero-order valence-corrected chi connectivity index (χ0v) is 14.9. The molecule has 0 saturated carbocycles. The van der Waals surface area contributed by atoms with Gasteiger partial charge in [-0.2, -0.15) is 0 Å². The molecule has 0 fully saturated rings. The minimum Gasteiger partial charge on any atom is -0.463 e. The summed E-state index contributed by atoms with van der Waals surface area (Å²) in [5, 5.41) is 8.53. The molecule has 2 N–H and O–H groups in total. The Morgan fingerprint density at radius 2 is 2.15 bits per heavy atom. The van der Waals surface area contributed by atoms with Gasteiger partial charge in [0, 0.05) is 17.8 Å². The second-order valence-electron chi connectivity index (χ2n) is 5.86. The van der Waals surface area contributed by atoms with Crippen LogP contribution >= 0.6 is 11.3 Å². The molecule has 3 heterocycles. The normalized spacial score (nSPS) is 18.6. The lowest BCUT2D eigenvalue weighted by atomic mass is 10.1. The number of hydrogen-bond donors (Lipinski definition) is 2. The topological polar surface area (TPSA) is 79.5 Å². The molecule has 0 aliphatic carbocycles. The van der Waals surface area contributed by atoms with E-state index in [0.29, 0.717) is 22.0 Å². The summed E-state index contributed by atoms with van der Waals surface area (Å²) in [4.78, 5) is 21.5. The number of amides is 1. The zero-order chi connectivity index (χ0) is 18.7. The maximum Gasteiger partial charge on any atom is 0.262 e.